The van der Waals surface area contributed by atoms with Crippen LogP contribution in [-0.2, 0) is 0 Å². The molecule has 1 aromatic rings. The second-order valence-corrected chi connectivity index (χ2v) is 6.45. The van der Waals surface area contributed by atoms with Crippen LogP contribution in [0.1, 0.15) is 39.4 Å². The van der Waals surface area contributed by atoms with Crippen LogP contribution in [0.15, 0.2) is 21.6 Å². The minimum atomic E-state index is -0.167. The van der Waals surface area contributed by atoms with Crippen LogP contribution in [0.25, 0.3) is 0 Å². The third-order valence-corrected chi connectivity index (χ3v) is 4.16. The first-order valence-corrected chi connectivity index (χ1v) is 7.51. The average molecular weight is 271 g/mol. The van der Waals surface area contributed by atoms with E-state index in [9.17, 15) is 5.11 Å². The number of nitrogens with one attached hydrogen (secondary N) is 1. The lowest BCUT2D eigenvalue weighted by molar-refractivity contribution is 0.156. The van der Waals surface area contributed by atoms with Gasteiger partial charge in [0.25, 0.3) is 0 Å². The molecule has 4 heteroatoms. The van der Waals surface area contributed by atoms with Crippen LogP contribution in [-0.4, -0.2) is 29.0 Å². The Morgan fingerprint density at radius 2 is 2.22 bits per heavy atom. The Morgan fingerprint density at radius 3 is 2.72 bits per heavy atom. The van der Waals surface area contributed by atoms with Crippen molar-refractivity contribution in [2.75, 3.05) is 12.4 Å². The van der Waals surface area contributed by atoms with Crippen molar-refractivity contribution in [2.45, 2.75) is 57.0 Å². The summed E-state index contributed by atoms with van der Waals surface area (Å²) in [6.45, 7) is 8.47. The van der Waals surface area contributed by atoms with Crippen molar-refractivity contribution in [1.29, 1.82) is 0 Å². The predicted molar refractivity (Wildman–Crippen MR) is 77.2 cm³/mol. The number of thioether (sulfide) groups is 1. The molecule has 1 aromatic heterocycles. The maximum atomic E-state index is 9.48. The van der Waals surface area contributed by atoms with Crippen LogP contribution in [0.4, 0.5) is 0 Å². The summed E-state index contributed by atoms with van der Waals surface area (Å²) in [5.41, 5.74) is -0.167. The topological polar surface area (TPSA) is 45.4 Å². The quantitative estimate of drug-likeness (QED) is 0.563. The van der Waals surface area contributed by atoms with Crippen molar-refractivity contribution in [3.63, 3.8) is 0 Å². The summed E-state index contributed by atoms with van der Waals surface area (Å²) < 4.78 is 5.26. The average Bonchev–Trinajstić information content (AvgIpc) is 2.70. The van der Waals surface area contributed by atoms with Crippen molar-refractivity contribution in [3.8, 4) is 0 Å². The van der Waals surface area contributed by atoms with Gasteiger partial charge in [0.05, 0.1) is 12.9 Å². The SMILES string of the molecule is Cc1occc1SCCCC(C)(CO)NC(C)C. The molecule has 0 fully saturated rings. The number of hydrogen-bond donors (Lipinski definition) is 2. The van der Waals surface area contributed by atoms with Gasteiger partial charge >= 0.3 is 0 Å². The van der Waals surface area contributed by atoms with E-state index >= 15 is 0 Å². The monoisotopic (exact) mass is 271 g/mol. The van der Waals surface area contributed by atoms with Gasteiger partial charge in [-0.25, -0.2) is 0 Å². The molecule has 1 unspecified atom stereocenters. The minimum absolute atomic E-state index is 0.167. The van der Waals surface area contributed by atoms with Gasteiger partial charge in [0.1, 0.15) is 5.76 Å². The van der Waals surface area contributed by atoms with E-state index < -0.39 is 0 Å². The lowest BCUT2D eigenvalue weighted by Crippen LogP contribution is -2.49. The molecule has 1 atom stereocenters. The fourth-order valence-electron chi connectivity index (χ4n) is 2.06. The maximum absolute atomic E-state index is 9.48. The lowest BCUT2D eigenvalue weighted by Gasteiger charge is -2.31. The summed E-state index contributed by atoms with van der Waals surface area (Å²) in [6.07, 6.45) is 3.79. The highest BCUT2D eigenvalue weighted by atomic mass is 32.2. The summed E-state index contributed by atoms with van der Waals surface area (Å²) in [5.74, 6) is 2.04. The van der Waals surface area contributed by atoms with Gasteiger partial charge in [0.2, 0.25) is 0 Å². The number of furan rings is 1. The van der Waals surface area contributed by atoms with Crippen molar-refractivity contribution >= 4 is 11.8 Å². The Kier molecular flexibility index (Phi) is 6.26. The molecule has 0 spiro atoms. The molecule has 0 aliphatic carbocycles. The number of aliphatic hydroxyl groups excluding tert-OH is 1. The highest BCUT2D eigenvalue weighted by Gasteiger charge is 2.23. The second-order valence-electron chi connectivity index (χ2n) is 5.31. The molecule has 0 amide bonds. The number of rotatable bonds is 8. The van der Waals surface area contributed by atoms with Gasteiger partial charge in [-0.3, -0.25) is 0 Å². The van der Waals surface area contributed by atoms with Gasteiger partial charge in [0, 0.05) is 16.5 Å². The summed E-state index contributed by atoms with van der Waals surface area (Å²) in [7, 11) is 0. The first-order chi connectivity index (χ1) is 8.47. The molecule has 3 nitrogen and oxygen atoms in total. The van der Waals surface area contributed by atoms with Crippen molar-refractivity contribution in [1.82, 2.24) is 5.32 Å². The van der Waals surface area contributed by atoms with Gasteiger partial charge in [-0.1, -0.05) is 13.8 Å². The van der Waals surface area contributed by atoms with Gasteiger partial charge in [0.15, 0.2) is 0 Å². The van der Waals surface area contributed by atoms with Crippen molar-refractivity contribution in [3.05, 3.63) is 18.1 Å². The minimum Gasteiger partial charge on any atom is -0.468 e. The van der Waals surface area contributed by atoms with Crippen LogP contribution in [0.3, 0.4) is 0 Å². The van der Waals surface area contributed by atoms with Crippen LogP contribution in [0, 0.1) is 6.92 Å². The molecular weight excluding hydrogens is 246 g/mol. The molecule has 2 N–H and O–H groups in total. The van der Waals surface area contributed by atoms with Gasteiger partial charge in [-0.2, -0.15) is 0 Å². The Hall–Kier alpha value is -0.450. The molecule has 0 saturated carbocycles. The van der Waals surface area contributed by atoms with E-state index in [2.05, 4.69) is 26.1 Å². The zero-order valence-electron chi connectivity index (χ0n) is 11.8. The Labute approximate surface area is 114 Å². The molecule has 0 aromatic carbocycles. The maximum Gasteiger partial charge on any atom is 0.114 e. The largest absolute Gasteiger partial charge is 0.468 e. The summed E-state index contributed by atoms with van der Waals surface area (Å²) in [5, 5.41) is 12.9. The molecule has 104 valence electrons. The van der Waals surface area contributed by atoms with E-state index in [1.165, 1.54) is 4.90 Å². The first kappa shape index (κ1) is 15.6. The zero-order chi connectivity index (χ0) is 13.6. The van der Waals surface area contributed by atoms with Crippen LogP contribution in [0.5, 0.6) is 0 Å². The van der Waals surface area contributed by atoms with Gasteiger partial charge < -0.3 is 14.8 Å². The molecular formula is C14H25NO2S. The third-order valence-electron chi connectivity index (χ3n) is 2.93. The predicted octanol–water partition coefficient (Wildman–Crippen LogP) is 3.21. The highest BCUT2D eigenvalue weighted by Crippen LogP contribution is 2.25. The van der Waals surface area contributed by atoms with Crippen LogP contribution >= 0.6 is 11.8 Å². The standard InChI is InChI=1S/C14H25NO2S/c1-11(2)15-14(4,10-16)7-5-9-18-13-6-8-17-12(13)3/h6,8,11,15-16H,5,7,9-10H2,1-4H3. The number of aliphatic hydroxyl groups is 1. The van der Waals surface area contributed by atoms with Crippen LogP contribution < -0.4 is 5.32 Å². The molecule has 1 rings (SSSR count). The summed E-state index contributed by atoms with van der Waals surface area (Å²) in [6, 6.07) is 2.41. The fourth-order valence-corrected chi connectivity index (χ4v) is 2.97. The van der Waals surface area contributed by atoms with E-state index in [-0.39, 0.29) is 12.1 Å². The smallest absolute Gasteiger partial charge is 0.114 e. The molecule has 0 bridgehead atoms. The third kappa shape index (κ3) is 5.04. The van der Waals surface area contributed by atoms with Crippen molar-refractivity contribution < 1.29 is 9.52 Å². The molecule has 0 radical (unpaired) electrons. The van der Waals surface area contributed by atoms with Gasteiger partial charge in [-0.05, 0) is 38.5 Å². The second kappa shape index (κ2) is 7.22. The summed E-state index contributed by atoms with van der Waals surface area (Å²) >= 11 is 1.82. The lowest BCUT2D eigenvalue weighted by atomic mass is 9.96. The van der Waals surface area contributed by atoms with E-state index in [0.717, 1.165) is 24.4 Å². The fraction of sp³-hybridized carbons (Fsp3) is 0.714. The van der Waals surface area contributed by atoms with Gasteiger partial charge in [-0.15, -0.1) is 11.8 Å². The Bertz CT molecular complexity index is 351. The normalized spacial score (nSPS) is 15.0. The van der Waals surface area contributed by atoms with Crippen molar-refractivity contribution in [2.24, 2.45) is 0 Å². The Balaban J connectivity index is 2.29. The Morgan fingerprint density at radius 1 is 1.50 bits per heavy atom. The summed E-state index contributed by atoms with van der Waals surface area (Å²) in [4.78, 5) is 1.22. The van der Waals surface area contributed by atoms with E-state index in [1.807, 2.05) is 24.8 Å². The van der Waals surface area contributed by atoms with E-state index in [4.69, 9.17) is 4.42 Å². The molecule has 0 aliphatic heterocycles. The zero-order valence-corrected chi connectivity index (χ0v) is 12.6. The number of aryl methyl sites for hydroxylation is 1. The van der Waals surface area contributed by atoms with Crippen LogP contribution in [0.2, 0.25) is 0 Å². The number of hydrogen-bond acceptors (Lipinski definition) is 4. The molecule has 0 aliphatic rings. The first-order valence-electron chi connectivity index (χ1n) is 6.52. The highest BCUT2D eigenvalue weighted by molar-refractivity contribution is 7.99. The van der Waals surface area contributed by atoms with E-state index in [0.29, 0.717) is 6.04 Å². The molecule has 0 saturated heterocycles. The molecule has 1 heterocycles. The van der Waals surface area contributed by atoms with E-state index in [1.54, 1.807) is 6.26 Å². The molecule has 18 heavy (non-hydrogen) atoms.